The van der Waals surface area contributed by atoms with Crippen molar-refractivity contribution in [3.8, 4) is 0 Å². The van der Waals surface area contributed by atoms with Crippen LogP contribution in [0.2, 0.25) is 0 Å². The fourth-order valence-electron chi connectivity index (χ4n) is 1.07. The summed E-state index contributed by atoms with van der Waals surface area (Å²) in [5, 5.41) is 2.74. The van der Waals surface area contributed by atoms with Gasteiger partial charge in [-0.15, -0.1) is 0 Å². The van der Waals surface area contributed by atoms with Gasteiger partial charge in [-0.2, -0.15) is 0 Å². The standard InChI is InChI=1S/C10H11BrN2OS/c1-2-9(14)13-8-4-3-6(11)5-7(8)10(12)15/h3-5H,2H2,1H3,(H2,12,15)(H,13,14). The Morgan fingerprint density at radius 1 is 1.60 bits per heavy atom. The van der Waals surface area contributed by atoms with E-state index in [1.807, 2.05) is 6.07 Å². The maximum absolute atomic E-state index is 11.2. The molecule has 1 rings (SSSR count). The number of rotatable bonds is 3. The van der Waals surface area contributed by atoms with Crippen molar-refractivity contribution in [1.82, 2.24) is 0 Å². The van der Waals surface area contributed by atoms with Gasteiger partial charge < -0.3 is 11.1 Å². The molecule has 0 fully saturated rings. The second-order valence-electron chi connectivity index (χ2n) is 2.96. The van der Waals surface area contributed by atoms with Crippen molar-refractivity contribution in [1.29, 1.82) is 0 Å². The molecule has 3 nitrogen and oxygen atoms in total. The van der Waals surface area contributed by atoms with Gasteiger partial charge in [0.1, 0.15) is 4.99 Å². The highest BCUT2D eigenvalue weighted by atomic mass is 79.9. The Bertz CT molecular complexity index is 406. The minimum Gasteiger partial charge on any atom is -0.389 e. The average Bonchev–Trinajstić information content (AvgIpc) is 2.20. The summed E-state index contributed by atoms with van der Waals surface area (Å²) in [6, 6.07) is 5.38. The van der Waals surface area contributed by atoms with Crippen LogP contribution in [0.4, 0.5) is 5.69 Å². The number of nitrogens with two attached hydrogens (primary N) is 1. The maximum Gasteiger partial charge on any atom is 0.224 e. The van der Waals surface area contributed by atoms with Gasteiger partial charge in [-0.3, -0.25) is 4.79 Å². The van der Waals surface area contributed by atoms with Crippen molar-refractivity contribution < 1.29 is 4.79 Å². The molecule has 0 atom stereocenters. The summed E-state index contributed by atoms with van der Waals surface area (Å²) in [7, 11) is 0. The summed E-state index contributed by atoms with van der Waals surface area (Å²) in [6.07, 6.45) is 0.423. The van der Waals surface area contributed by atoms with Crippen LogP contribution in [0.3, 0.4) is 0 Å². The highest BCUT2D eigenvalue weighted by molar-refractivity contribution is 9.10. The van der Waals surface area contributed by atoms with Gasteiger partial charge in [0.15, 0.2) is 0 Å². The van der Waals surface area contributed by atoms with Crippen LogP contribution in [0.15, 0.2) is 22.7 Å². The van der Waals surface area contributed by atoms with Crippen molar-refractivity contribution >= 4 is 44.7 Å². The lowest BCUT2D eigenvalue weighted by Gasteiger charge is -2.09. The molecule has 0 radical (unpaired) electrons. The zero-order chi connectivity index (χ0) is 11.4. The lowest BCUT2D eigenvalue weighted by molar-refractivity contribution is -0.115. The molecule has 0 aliphatic heterocycles. The molecule has 80 valence electrons. The van der Waals surface area contributed by atoms with E-state index in [1.54, 1.807) is 19.1 Å². The molecule has 0 heterocycles. The third kappa shape index (κ3) is 3.28. The van der Waals surface area contributed by atoms with Gasteiger partial charge in [-0.05, 0) is 18.2 Å². The van der Waals surface area contributed by atoms with Crippen LogP contribution in [-0.4, -0.2) is 10.9 Å². The van der Waals surface area contributed by atoms with Crippen molar-refractivity contribution in [2.45, 2.75) is 13.3 Å². The molecule has 0 unspecified atom stereocenters. The summed E-state index contributed by atoms with van der Waals surface area (Å²) in [5.41, 5.74) is 6.88. The van der Waals surface area contributed by atoms with Gasteiger partial charge in [0.25, 0.3) is 0 Å². The van der Waals surface area contributed by atoms with Crippen LogP contribution in [-0.2, 0) is 4.79 Å². The number of amides is 1. The molecule has 1 amide bonds. The second-order valence-corrected chi connectivity index (χ2v) is 4.31. The lowest BCUT2D eigenvalue weighted by Crippen LogP contribution is -2.16. The third-order valence-electron chi connectivity index (χ3n) is 1.84. The molecule has 0 aromatic heterocycles. The number of anilines is 1. The summed E-state index contributed by atoms with van der Waals surface area (Å²) >= 11 is 8.22. The molecule has 3 N–H and O–H groups in total. The zero-order valence-corrected chi connectivity index (χ0v) is 10.6. The van der Waals surface area contributed by atoms with E-state index in [0.29, 0.717) is 17.7 Å². The molecule has 0 aliphatic carbocycles. The van der Waals surface area contributed by atoms with E-state index in [1.165, 1.54) is 0 Å². The van der Waals surface area contributed by atoms with Crippen molar-refractivity contribution in [3.63, 3.8) is 0 Å². The van der Waals surface area contributed by atoms with Gasteiger partial charge >= 0.3 is 0 Å². The lowest BCUT2D eigenvalue weighted by atomic mass is 10.1. The number of carbonyl (C=O) groups excluding carboxylic acids is 1. The number of thiocarbonyl (C=S) groups is 1. The maximum atomic E-state index is 11.2. The molecule has 0 saturated heterocycles. The van der Waals surface area contributed by atoms with Crippen LogP contribution in [0.5, 0.6) is 0 Å². The number of nitrogens with one attached hydrogen (secondary N) is 1. The Morgan fingerprint density at radius 2 is 2.27 bits per heavy atom. The Labute approximate surface area is 102 Å². The highest BCUT2D eigenvalue weighted by Gasteiger charge is 2.07. The quantitative estimate of drug-likeness (QED) is 0.839. The zero-order valence-electron chi connectivity index (χ0n) is 8.21. The average molecular weight is 287 g/mol. The monoisotopic (exact) mass is 286 g/mol. The largest absolute Gasteiger partial charge is 0.389 e. The summed E-state index contributed by atoms with van der Waals surface area (Å²) in [5.74, 6) is -0.0603. The van der Waals surface area contributed by atoms with Crippen molar-refractivity contribution in [2.24, 2.45) is 5.73 Å². The second kappa shape index (κ2) is 5.23. The van der Waals surface area contributed by atoms with Gasteiger partial charge in [0.05, 0.1) is 5.69 Å². The summed E-state index contributed by atoms with van der Waals surface area (Å²) in [4.78, 5) is 11.5. The van der Waals surface area contributed by atoms with E-state index >= 15 is 0 Å². The number of hydrogen-bond donors (Lipinski definition) is 2. The van der Waals surface area contributed by atoms with E-state index in [4.69, 9.17) is 18.0 Å². The van der Waals surface area contributed by atoms with Crippen LogP contribution < -0.4 is 11.1 Å². The highest BCUT2D eigenvalue weighted by Crippen LogP contribution is 2.21. The molecule has 0 aliphatic rings. The molecule has 1 aromatic carbocycles. The molecule has 0 bridgehead atoms. The van der Waals surface area contributed by atoms with Gasteiger partial charge in [-0.25, -0.2) is 0 Å². The molecule has 5 heteroatoms. The van der Waals surface area contributed by atoms with Gasteiger partial charge in [-0.1, -0.05) is 35.1 Å². The Morgan fingerprint density at radius 3 is 2.80 bits per heavy atom. The first-order valence-corrected chi connectivity index (χ1v) is 5.64. The topological polar surface area (TPSA) is 55.1 Å². The van der Waals surface area contributed by atoms with E-state index < -0.39 is 0 Å². The molecular weight excluding hydrogens is 276 g/mol. The SMILES string of the molecule is CCC(=O)Nc1ccc(Br)cc1C(N)=S. The predicted octanol–water partition coefficient (Wildman–Crippen LogP) is 2.43. The van der Waals surface area contributed by atoms with Crippen molar-refractivity contribution in [2.75, 3.05) is 5.32 Å². The summed E-state index contributed by atoms with van der Waals surface area (Å²) in [6.45, 7) is 1.79. The normalized spacial score (nSPS) is 9.73. The number of halogens is 1. The fourth-order valence-corrected chi connectivity index (χ4v) is 1.60. The number of benzene rings is 1. The number of carbonyl (C=O) groups is 1. The van der Waals surface area contributed by atoms with Crippen LogP contribution in [0.25, 0.3) is 0 Å². The first-order valence-electron chi connectivity index (χ1n) is 4.43. The first-order chi connectivity index (χ1) is 7.04. The summed E-state index contributed by atoms with van der Waals surface area (Å²) < 4.78 is 0.875. The van der Waals surface area contributed by atoms with Crippen LogP contribution in [0, 0.1) is 0 Å². The minimum absolute atomic E-state index is 0.0603. The van der Waals surface area contributed by atoms with E-state index in [9.17, 15) is 4.79 Å². The molecular formula is C10H11BrN2OS. The van der Waals surface area contributed by atoms with Crippen molar-refractivity contribution in [3.05, 3.63) is 28.2 Å². The van der Waals surface area contributed by atoms with E-state index in [2.05, 4.69) is 21.2 Å². The van der Waals surface area contributed by atoms with Crippen LogP contribution in [0.1, 0.15) is 18.9 Å². The Hall–Kier alpha value is -0.940. The Balaban J connectivity index is 3.06. The molecule has 1 aromatic rings. The molecule has 15 heavy (non-hydrogen) atoms. The fraction of sp³-hybridized carbons (Fsp3) is 0.200. The number of hydrogen-bond acceptors (Lipinski definition) is 2. The predicted molar refractivity (Wildman–Crippen MR) is 69.0 cm³/mol. The van der Waals surface area contributed by atoms with Gasteiger partial charge in [0.2, 0.25) is 5.91 Å². The molecule has 0 saturated carbocycles. The smallest absolute Gasteiger partial charge is 0.224 e. The van der Waals surface area contributed by atoms with E-state index in [-0.39, 0.29) is 10.9 Å². The van der Waals surface area contributed by atoms with Gasteiger partial charge in [0, 0.05) is 16.5 Å². The van der Waals surface area contributed by atoms with Crippen LogP contribution >= 0.6 is 28.1 Å². The minimum atomic E-state index is -0.0603. The molecule has 0 spiro atoms. The third-order valence-corrected chi connectivity index (χ3v) is 2.56. The Kier molecular flexibility index (Phi) is 4.23. The van der Waals surface area contributed by atoms with E-state index in [0.717, 1.165) is 4.47 Å². The first kappa shape index (κ1) is 12.1.